The summed E-state index contributed by atoms with van der Waals surface area (Å²) in [7, 11) is 2.71. The van der Waals surface area contributed by atoms with Crippen LogP contribution in [0.4, 0.5) is 0 Å². The number of carbonyl (C=O) groups excluding carboxylic acids is 2. The predicted octanol–water partition coefficient (Wildman–Crippen LogP) is 2.21. The number of benzene rings is 1. The fraction of sp³-hybridized carbons (Fsp3) is 0.706. The van der Waals surface area contributed by atoms with E-state index in [1.54, 1.807) is 13.8 Å². The lowest BCUT2D eigenvalue weighted by atomic mass is 9.73. The average molecular weight is 666 g/mol. The van der Waals surface area contributed by atoms with Gasteiger partial charge in [-0.05, 0) is 25.0 Å². The number of esters is 1. The van der Waals surface area contributed by atoms with Crippen LogP contribution < -0.4 is 5.32 Å². The Morgan fingerprint density at radius 1 is 1.17 bits per heavy atom. The second-order valence-corrected chi connectivity index (χ2v) is 14.0. The summed E-state index contributed by atoms with van der Waals surface area (Å²) in [4.78, 5) is 26.2. The molecule has 47 heavy (non-hydrogen) atoms. The highest BCUT2D eigenvalue weighted by molar-refractivity contribution is 5.96. The first-order valence-electron chi connectivity index (χ1n) is 16.1. The Balaban J connectivity index is 1.47. The molecule has 0 bridgehead atoms. The molecule has 13 heteroatoms. The molecule has 11 atom stereocenters. The molecule has 2 fully saturated rings. The first kappa shape index (κ1) is 37.0. The first-order valence-corrected chi connectivity index (χ1v) is 16.1. The number of aromatic hydroxyl groups is 2. The Kier molecular flexibility index (Phi) is 11.0. The molecule has 3 aliphatic rings. The van der Waals surface area contributed by atoms with E-state index >= 15 is 0 Å². The summed E-state index contributed by atoms with van der Waals surface area (Å²) in [5.74, 6) is -4.34. The van der Waals surface area contributed by atoms with E-state index < -0.39 is 71.8 Å². The molecule has 0 saturated carbocycles. The number of aliphatic hydroxyl groups excluding tert-OH is 3. The third kappa shape index (κ3) is 7.03. The minimum Gasteiger partial charge on any atom is -0.508 e. The Morgan fingerprint density at radius 2 is 1.83 bits per heavy atom. The number of fused-ring (bicyclic) bond motifs is 1. The van der Waals surface area contributed by atoms with E-state index in [4.69, 9.17) is 23.7 Å². The first-order chi connectivity index (χ1) is 21.9. The van der Waals surface area contributed by atoms with Gasteiger partial charge in [0.2, 0.25) is 5.79 Å². The van der Waals surface area contributed by atoms with Crippen LogP contribution in [0.25, 0.3) is 0 Å². The van der Waals surface area contributed by atoms with E-state index in [0.717, 1.165) is 11.6 Å². The van der Waals surface area contributed by atoms with Crippen molar-refractivity contribution in [2.24, 2.45) is 17.3 Å². The minimum atomic E-state index is -1.74. The summed E-state index contributed by atoms with van der Waals surface area (Å²) in [5, 5.41) is 56.8. The molecule has 3 heterocycles. The number of cyclic esters (lactones) is 1. The monoisotopic (exact) mass is 665 g/mol. The Bertz CT molecular complexity index is 1350. The fourth-order valence-corrected chi connectivity index (χ4v) is 6.82. The van der Waals surface area contributed by atoms with Crippen molar-refractivity contribution in [1.29, 1.82) is 0 Å². The zero-order valence-corrected chi connectivity index (χ0v) is 28.5. The number of amides is 1. The van der Waals surface area contributed by atoms with Gasteiger partial charge in [-0.25, -0.2) is 4.79 Å². The number of aliphatic hydroxyl groups is 3. The molecule has 6 N–H and O–H groups in total. The summed E-state index contributed by atoms with van der Waals surface area (Å²) >= 11 is 0. The Hall–Kier alpha value is -2.78. The second kappa shape index (κ2) is 14.0. The maximum atomic E-state index is 13.4. The Labute approximate surface area is 275 Å². The quantitative estimate of drug-likeness (QED) is 0.121. The minimum absolute atomic E-state index is 0.000744. The maximum Gasteiger partial charge on any atom is 0.342 e. The van der Waals surface area contributed by atoms with Crippen molar-refractivity contribution in [3.63, 3.8) is 0 Å². The summed E-state index contributed by atoms with van der Waals surface area (Å²) in [6.07, 6.45) is -7.11. The van der Waals surface area contributed by atoms with Crippen LogP contribution in [0, 0.1) is 24.2 Å². The highest BCUT2D eigenvalue weighted by Crippen LogP contribution is 2.43. The molecule has 0 aliphatic carbocycles. The van der Waals surface area contributed by atoms with Gasteiger partial charge < -0.3 is 54.5 Å². The predicted molar refractivity (Wildman–Crippen MR) is 168 cm³/mol. The number of ether oxygens (including phenoxy) is 5. The standard InChI is InChI=1S/C34H51NO12/c1-15-14-34(44-9,47-19(5)16(15)2)29(40)30(41)35-31(43-8)25-13-26(39)33(6,7)27(45-25)12-22(37)18(4)24-10-20-17(3)21(36)11-23(38)28(20)32(42)46-24/h11,16,18-19,22,24-27,29,31,36-40H,1,10,12-14H2,2-9H3,(H,35,41). The lowest BCUT2D eigenvalue weighted by Crippen LogP contribution is -2.62. The van der Waals surface area contributed by atoms with Gasteiger partial charge in [0.05, 0.1) is 24.4 Å². The van der Waals surface area contributed by atoms with Gasteiger partial charge >= 0.3 is 5.97 Å². The molecule has 13 nitrogen and oxygen atoms in total. The summed E-state index contributed by atoms with van der Waals surface area (Å²) in [6.45, 7) is 14.8. The molecule has 1 aromatic rings. The molecule has 0 aromatic heterocycles. The highest BCUT2D eigenvalue weighted by atomic mass is 16.7. The van der Waals surface area contributed by atoms with Crippen LogP contribution in [0.2, 0.25) is 0 Å². The smallest absolute Gasteiger partial charge is 0.342 e. The molecule has 1 amide bonds. The van der Waals surface area contributed by atoms with Gasteiger partial charge in [-0.3, -0.25) is 4.79 Å². The molecule has 2 saturated heterocycles. The van der Waals surface area contributed by atoms with Crippen LogP contribution in [0.3, 0.4) is 0 Å². The van der Waals surface area contributed by atoms with E-state index in [9.17, 15) is 35.1 Å². The van der Waals surface area contributed by atoms with Crippen LogP contribution in [0.15, 0.2) is 18.2 Å². The molecule has 1 aromatic carbocycles. The van der Waals surface area contributed by atoms with Gasteiger partial charge in [-0.1, -0.05) is 39.8 Å². The van der Waals surface area contributed by atoms with E-state index in [0.29, 0.717) is 11.1 Å². The van der Waals surface area contributed by atoms with Gasteiger partial charge in [0.25, 0.3) is 5.91 Å². The maximum absolute atomic E-state index is 13.4. The highest BCUT2D eigenvalue weighted by Gasteiger charge is 2.52. The largest absolute Gasteiger partial charge is 0.508 e. The molecule has 0 radical (unpaired) electrons. The third-order valence-electron chi connectivity index (χ3n) is 10.8. The zero-order valence-electron chi connectivity index (χ0n) is 28.5. The van der Waals surface area contributed by atoms with Gasteiger partial charge in [-0.15, -0.1) is 0 Å². The van der Waals surface area contributed by atoms with E-state index in [2.05, 4.69) is 11.9 Å². The van der Waals surface area contributed by atoms with Crippen LogP contribution in [-0.2, 0) is 34.9 Å². The molecular weight excluding hydrogens is 614 g/mol. The zero-order chi connectivity index (χ0) is 35.2. The molecule has 264 valence electrons. The molecule has 11 unspecified atom stereocenters. The summed E-state index contributed by atoms with van der Waals surface area (Å²) < 4.78 is 29.1. The van der Waals surface area contributed by atoms with Crippen molar-refractivity contribution in [3.8, 4) is 11.5 Å². The number of carbonyl (C=O) groups is 2. The van der Waals surface area contributed by atoms with Crippen LogP contribution in [-0.4, -0.2) is 106 Å². The second-order valence-electron chi connectivity index (χ2n) is 14.0. The summed E-state index contributed by atoms with van der Waals surface area (Å²) in [5.41, 5.74) is 0.847. The van der Waals surface area contributed by atoms with Crippen molar-refractivity contribution in [2.45, 2.75) is 122 Å². The van der Waals surface area contributed by atoms with Crippen LogP contribution >= 0.6 is 0 Å². The van der Waals surface area contributed by atoms with Gasteiger partial charge in [-0.2, -0.15) is 0 Å². The van der Waals surface area contributed by atoms with Crippen molar-refractivity contribution < 1.29 is 58.8 Å². The number of nitrogens with one attached hydrogen (secondary N) is 1. The van der Waals surface area contributed by atoms with E-state index in [1.807, 2.05) is 27.7 Å². The Morgan fingerprint density at radius 3 is 2.43 bits per heavy atom. The molecule has 0 spiro atoms. The van der Waals surface area contributed by atoms with E-state index in [-0.39, 0.29) is 54.8 Å². The topological polar surface area (TPSA) is 193 Å². The van der Waals surface area contributed by atoms with Crippen molar-refractivity contribution in [2.75, 3.05) is 14.2 Å². The third-order valence-corrected chi connectivity index (χ3v) is 10.8. The van der Waals surface area contributed by atoms with Gasteiger partial charge in [0.15, 0.2) is 12.3 Å². The number of hydrogen-bond acceptors (Lipinski definition) is 12. The van der Waals surface area contributed by atoms with Crippen molar-refractivity contribution in [3.05, 3.63) is 34.9 Å². The van der Waals surface area contributed by atoms with Crippen molar-refractivity contribution in [1.82, 2.24) is 5.32 Å². The van der Waals surface area contributed by atoms with Crippen molar-refractivity contribution >= 4 is 11.9 Å². The van der Waals surface area contributed by atoms with Gasteiger partial charge in [0, 0.05) is 63.2 Å². The number of phenolic OH excluding ortho intramolecular Hbond substituents is 2. The van der Waals surface area contributed by atoms with E-state index in [1.165, 1.54) is 14.2 Å². The number of phenols is 2. The van der Waals surface area contributed by atoms with Crippen LogP contribution in [0.1, 0.15) is 75.4 Å². The summed E-state index contributed by atoms with van der Waals surface area (Å²) in [6, 6.07) is 1.10. The molecule has 3 aliphatic heterocycles. The molecule has 4 rings (SSSR count). The average Bonchev–Trinajstić information content (AvgIpc) is 3.01. The normalized spacial score (nSPS) is 33.3. The number of methoxy groups -OCH3 is 2. The number of rotatable bonds is 10. The van der Waals surface area contributed by atoms with Gasteiger partial charge in [0.1, 0.15) is 29.3 Å². The van der Waals surface area contributed by atoms with Crippen LogP contribution in [0.5, 0.6) is 11.5 Å². The lowest BCUT2D eigenvalue weighted by molar-refractivity contribution is -0.298. The molecular formula is C34H51NO12. The number of hydrogen-bond donors (Lipinski definition) is 6. The fourth-order valence-electron chi connectivity index (χ4n) is 6.82. The lowest BCUT2D eigenvalue weighted by Gasteiger charge is -2.48. The SMILES string of the molecule is C=C1CC(OC)(C(O)C(=O)NC(OC)C2CC(O)C(C)(C)C(CC(O)C(C)C3Cc4c(C)c(O)cc(O)c4C(=O)O3)O2)OC(C)C1C.